The monoisotopic (exact) mass is 191 g/mol. The number of aromatic nitrogens is 2. The first-order chi connectivity index (χ1) is 6.81. The molecule has 0 radical (unpaired) electrons. The van der Waals surface area contributed by atoms with Crippen LogP contribution in [0.15, 0.2) is 11.0 Å². The van der Waals surface area contributed by atoms with Crippen molar-refractivity contribution in [1.29, 1.82) is 5.26 Å². The van der Waals surface area contributed by atoms with Gasteiger partial charge >= 0.3 is 0 Å². The average Bonchev–Trinajstić information content (AvgIpc) is 2.70. The molecule has 1 aromatic rings. The Morgan fingerprint density at radius 3 is 3.14 bits per heavy atom. The number of hydrogen-bond acceptors (Lipinski definition) is 4. The lowest BCUT2D eigenvalue weighted by Gasteiger charge is -2.06. The highest BCUT2D eigenvalue weighted by molar-refractivity contribution is 5.22. The minimum absolute atomic E-state index is 0.0340. The zero-order valence-electron chi connectivity index (χ0n) is 7.49. The van der Waals surface area contributed by atoms with Crippen LogP contribution in [0.4, 0.5) is 0 Å². The van der Waals surface area contributed by atoms with Crippen molar-refractivity contribution in [3.63, 3.8) is 0 Å². The van der Waals surface area contributed by atoms with Crippen molar-refractivity contribution < 1.29 is 4.74 Å². The Balaban J connectivity index is 2.33. The highest BCUT2D eigenvalue weighted by Crippen LogP contribution is 2.24. The average molecular weight is 191 g/mol. The van der Waals surface area contributed by atoms with Crippen LogP contribution < -0.4 is 5.56 Å². The highest BCUT2D eigenvalue weighted by atomic mass is 16.5. The molecular weight excluding hydrogens is 182 g/mol. The van der Waals surface area contributed by atoms with E-state index >= 15 is 0 Å². The Bertz CT molecular complexity index is 426. The molecule has 1 aromatic heterocycles. The summed E-state index contributed by atoms with van der Waals surface area (Å²) in [5, 5.41) is 8.53. The second-order valence-electron chi connectivity index (χ2n) is 3.12. The van der Waals surface area contributed by atoms with Crippen molar-refractivity contribution in [3.05, 3.63) is 27.9 Å². The molecule has 14 heavy (non-hydrogen) atoms. The van der Waals surface area contributed by atoms with Gasteiger partial charge in [0.1, 0.15) is 23.6 Å². The second kappa shape index (κ2) is 3.60. The van der Waals surface area contributed by atoms with E-state index in [0.717, 1.165) is 12.8 Å². The summed E-state index contributed by atoms with van der Waals surface area (Å²) < 4.78 is 5.35. The predicted octanol–water partition coefficient (Wildman–Crippen LogP) is 0.493. The Hall–Kier alpha value is -1.67. The van der Waals surface area contributed by atoms with E-state index in [0.29, 0.717) is 12.4 Å². The normalized spacial score (nSPS) is 20.6. The van der Waals surface area contributed by atoms with Crippen molar-refractivity contribution in [1.82, 2.24) is 9.97 Å². The summed E-state index contributed by atoms with van der Waals surface area (Å²) in [4.78, 5) is 17.8. The van der Waals surface area contributed by atoms with Crippen LogP contribution in [0.2, 0.25) is 0 Å². The topological polar surface area (TPSA) is 78.8 Å². The lowest BCUT2D eigenvalue weighted by Crippen LogP contribution is -2.16. The summed E-state index contributed by atoms with van der Waals surface area (Å²) in [5.41, 5.74) is -0.361. The van der Waals surface area contributed by atoms with Crippen molar-refractivity contribution in [2.45, 2.75) is 18.9 Å². The van der Waals surface area contributed by atoms with Gasteiger partial charge in [0.15, 0.2) is 0 Å². The molecule has 1 aliphatic rings. The Morgan fingerprint density at radius 2 is 2.57 bits per heavy atom. The number of aromatic amines is 1. The van der Waals surface area contributed by atoms with Crippen LogP contribution in [-0.4, -0.2) is 16.6 Å². The van der Waals surface area contributed by atoms with E-state index in [1.54, 1.807) is 6.07 Å². The molecule has 5 nitrogen and oxygen atoms in total. The Labute approximate surface area is 80.4 Å². The molecule has 0 saturated carbocycles. The quantitative estimate of drug-likeness (QED) is 0.700. The number of nitriles is 1. The van der Waals surface area contributed by atoms with E-state index in [-0.39, 0.29) is 11.7 Å². The second-order valence-corrected chi connectivity index (χ2v) is 3.12. The van der Waals surface area contributed by atoms with Gasteiger partial charge in [-0.05, 0) is 12.8 Å². The van der Waals surface area contributed by atoms with Crippen LogP contribution in [0.5, 0.6) is 0 Å². The van der Waals surface area contributed by atoms with Gasteiger partial charge in [0.2, 0.25) is 0 Å². The molecular formula is C9H9N3O2. The van der Waals surface area contributed by atoms with Crippen molar-refractivity contribution >= 4 is 0 Å². The van der Waals surface area contributed by atoms with E-state index in [2.05, 4.69) is 9.97 Å². The third kappa shape index (κ3) is 1.52. The minimum Gasteiger partial charge on any atom is -0.370 e. The minimum atomic E-state index is -0.395. The summed E-state index contributed by atoms with van der Waals surface area (Å²) >= 11 is 0. The van der Waals surface area contributed by atoms with Gasteiger partial charge in [-0.3, -0.25) is 4.79 Å². The molecule has 2 rings (SSSR count). The fourth-order valence-electron chi connectivity index (χ4n) is 1.45. The first kappa shape index (κ1) is 8.91. The van der Waals surface area contributed by atoms with Crippen LogP contribution in [-0.2, 0) is 4.74 Å². The molecule has 5 heteroatoms. The molecule has 0 bridgehead atoms. The van der Waals surface area contributed by atoms with Crippen molar-refractivity contribution in [2.75, 3.05) is 6.61 Å². The van der Waals surface area contributed by atoms with Crippen LogP contribution in [0.3, 0.4) is 0 Å². The summed E-state index contributed by atoms with van der Waals surface area (Å²) in [6.45, 7) is 0.703. The number of rotatable bonds is 1. The summed E-state index contributed by atoms with van der Waals surface area (Å²) in [6.07, 6.45) is 3.02. The fourth-order valence-corrected chi connectivity index (χ4v) is 1.45. The maximum absolute atomic E-state index is 11.3. The maximum Gasteiger partial charge on any atom is 0.268 e. The van der Waals surface area contributed by atoms with Gasteiger partial charge < -0.3 is 9.72 Å². The number of hydrogen-bond donors (Lipinski definition) is 1. The molecule has 1 aliphatic heterocycles. The molecule has 72 valence electrons. The Kier molecular flexibility index (Phi) is 2.29. The molecule has 1 fully saturated rings. The van der Waals surface area contributed by atoms with Gasteiger partial charge in [0.25, 0.3) is 5.56 Å². The molecule has 1 atom stereocenters. The summed E-state index contributed by atoms with van der Waals surface area (Å²) in [6, 6.07) is 1.77. The van der Waals surface area contributed by atoms with Crippen molar-refractivity contribution in [2.24, 2.45) is 0 Å². The van der Waals surface area contributed by atoms with Gasteiger partial charge in [-0.1, -0.05) is 0 Å². The van der Waals surface area contributed by atoms with Crippen LogP contribution in [0, 0.1) is 11.3 Å². The van der Waals surface area contributed by atoms with E-state index in [9.17, 15) is 4.79 Å². The highest BCUT2D eigenvalue weighted by Gasteiger charge is 2.20. The smallest absolute Gasteiger partial charge is 0.268 e. The van der Waals surface area contributed by atoms with E-state index in [4.69, 9.17) is 10.00 Å². The molecule has 2 heterocycles. The molecule has 1 unspecified atom stereocenters. The van der Waals surface area contributed by atoms with E-state index in [1.165, 1.54) is 6.20 Å². The lowest BCUT2D eigenvalue weighted by atomic mass is 10.2. The summed E-state index contributed by atoms with van der Waals surface area (Å²) in [5.74, 6) is 0.520. The Morgan fingerprint density at radius 1 is 1.71 bits per heavy atom. The standard InChI is InChI=1S/C9H9N3O2/c10-4-6-5-11-8(12-9(6)13)7-2-1-3-14-7/h5,7H,1-3H2,(H,11,12,13). The first-order valence-electron chi connectivity index (χ1n) is 4.42. The SMILES string of the molecule is N#Cc1cnc(C2CCCO2)[nH]c1=O. The zero-order valence-corrected chi connectivity index (χ0v) is 7.49. The maximum atomic E-state index is 11.3. The van der Waals surface area contributed by atoms with Gasteiger partial charge in [0.05, 0.1) is 6.20 Å². The van der Waals surface area contributed by atoms with Gasteiger partial charge in [0, 0.05) is 6.61 Å². The van der Waals surface area contributed by atoms with Crippen LogP contribution in [0.1, 0.15) is 30.3 Å². The largest absolute Gasteiger partial charge is 0.370 e. The third-order valence-corrected chi connectivity index (χ3v) is 2.17. The molecule has 0 aliphatic carbocycles. The van der Waals surface area contributed by atoms with Gasteiger partial charge in [-0.15, -0.1) is 0 Å². The van der Waals surface area contributed by atoms with E-state index in [1.807, 2.05) is 0 Å². The van der Waals surface area contributed by atoms with E-state index < -0.39 is 5.56 Å². The van der Waals surface area contributed by atoms with Crippen LogP contribution in [0.25, 0.3) is 0 Å². The molecule has 1 saturated heterocycles. The van der Waals surface area contributed by atoms with Crippen LogP contribution >= 0.6 is 0 Å². The predicted molar refractivity (Wildman–Crippen MR) is 47.5 cm³/mol. The van der Waals surface area contributed by atoms with Gasteiger partial charge in [-0.2, -0.15) is 5.26 Å². The first-order valence-corrected chi connectivity index (χ1v) is 4.42. The fraction of sp³-hybridized carbons (Fsp3) is 0.444. The number of nitrogens with one attached hydrogen (secondary N) is 1. The van der Waals surface area contributed by atoms with Crippen molar-refractivity contribution in [3.8, 4) is 6.07 Å². The number of H-pyrrole nitrogens is 1. The van der Waals surface area contributed by atoms with Gasteiger partial charge in [-0.25, -0.2) is 4.98 Å². The molecule has 0 amide bonds. The molecule has 0 spiro atoms. The number of nitrogens with zero attached hydrogens (tertiary/aromatic N) is 2. The molecule has 1 N–H and O–H groups in total. The number of ether oxygens (including phenoxy) is 1. The zero-order chi connectivity index (χ0) is 9.97. The lowest BCUT2D eigenvalue weighted by molar-refractivity contribution is 0.105. The third-order valence-electron chi connectivity index (χ3n) is 2.17. The molecule has 0 aromatic carbocycles. The summed E-state index contributed by atoms with van der Waals surface area (Å²) in [7, 11) is 0.